The van der Waals surface area contributed by atoms with Crippen molar-refractivity contribution < 1.29 is 23.8 Å². The van der Waals surface area contributed by atoms with Crippen LogP contribution < -0.4 is 11.1 Å². The van der Waals surface area contributed by atoms with Crippen LogP contribution in [0.5, 0.6) is 0 Å². The molecule has 0 saturated heterocycles. The Morgan fingerprint density at radius 2 is 1.71 bits per heavy atom. The van der Waals surface area contributed by atoms with E-state index in [1.807, 2.05) is 39.5 Å². The van der Waals surface area contributed by atoms with Crippen molar-refractivity contribution in [3.05, 3.63) is 0 Å². The van der Waals surface area contributed by atoms with E-state index < -0.39 is 24.0 Å². The SMILES string of the molecule is CCOC(CN(CC1CCCCC1)C(=O)[C@@H](N)CCCNC(=O)OC(C)(C)C)OCC. The van der Waals surface area contributed by atoms with Crippen LogP contribution in [0.1, 0.15) is 79.6 Å². The molecule has 1 saturated carbocycles. The molecule has 2 amide bonds. The Bertz CT molecular complexity index is 512. The average molecular weight is 444 g/mol. The van der Waals surface area contributed by atoms with Gasteiger partial charge in [0.05, 0.1) is 12.6 Å². The Labute approximate surface area is 188 Å². The number of carbonyl (C=O) groups excluding carboxylic acids is 2. The van der Waals surface area contributed by atoms with Crippen LogP contribution in [0.15, 0.2) is 0 Å². The molecule has 31 heavy (non-hydrogen) atoms. The molecule has 0 unspecified atom stereocenters. The van der Waals surface area contributed by atoms with Crippen LogP contribution in [0.2, 0.25) is 0 Å². The van der Waals surface area contributed by atoms with Crippen molar-refractivity contribution in [3.63, 3.8) is 0 Å². The summed E-state index contributed by atoms with van der Waals surface area (Å²) in [6.45, 7) is 11.8. The summed E-state index contributed by atoms with van der Waals surface area (Å²) in [5.74, 6) is 0.426. The molecule has 1 aliphatic carbocycles. The fourth-order valence-electron chi connectivity index (χ4n) is 3.83. The number of nitrogens with zero attached hydrogens (tertiary/aromatic N) is 1. The van der Waals surface area contributed by atoms with Crippen molar-refractivity contribution in [2.75, 3.05) is 32.8 Å². The molecule has 0 aromatic carbocycles. The lowest BCUT2D eigenvalue weighted by Crippen LogP contribution is -2.49. The molecule has 8 nitrogen and oxygen atoms in total. The van der Waals surface area contributed by atoms with Crippen LogP contribution in [0.3, 0.4) is 0 Å². The highest BCUT2D eigenvalue weighted by Crippen LogP contribution is 2.25. The van der Waals surface area contributed by atoms with E-state index in [1.54, 1.807) is 0 Å². The van der Waals surface area contributed by atoms with Gasteiger partial charge in [0.2, 0.25) is 5.91 Å². The molecule has 1 atom stereocenters. The Kier molecular flexibility index (Phi) is 13.1. The van der Waals surface area contributed by atoms with Crippen LogP contribution in [0, 0.1) is 5.92 Å². The summed E-state index contributed by atoms with van der Waals surface area (Å²) in [5, 5.41) is 2.71. The second kappa shape index (κ2) is 14.6. The highest BCUT2D eigenvalue weighted by Gasteiger charge is 2.27. The zero-order valence-electron chi connectivity index (χ0n) is 20.3. The maximum Gasteiger partial charge on any atom is 0.407 e. The van der Waals surface area contributed by atoms with E-state index in [0.29, 0.717) is 51.6 Å². The van der Waals surface area contributed by atoms with E-state index >= 15 is 0 Å². The fraction of sp³-hybridized carbons (Fsp3) is 0.913. The predicted octanol–water partition coefficient (Wildman–Crippen LogP) is 3.43. The molecule has 0 aromatic rings. The second-order valence-corrected chi connectivity index (χ2v) is 9.26. The summed E-state index contributed by atoms with van der Waals surface area (Å²) >= 11 is 0. The van der Waals surface area contributed by atoms with Crippen LogP contribution in [0.4, 0.5) is 4.79 Å². The van der Waals surface area contributed by atoms with Crippen molar-refractivity contribution in [1.82, 2.24) is 10.2 Å². The molecule has 1 aliphatic rings. The lowest BCUT2D eigenvalue weighted by Gasteiger charge is -2.33. The Balaban J connectivity index is 2.59. The highest BCUT2D eigenvalue weighted by molar-refractivity contribution is 5.81. The molecule has 0 radical (unpaired) electrons. The maximum absolute atomic E-state index is 13.2. The first-order valence-electron chi connectivity index (χ1n) is 11.9. The van der Waals surface area contributed by atoms with Gasteiger partial charge in [0, 0.05) is 26.3 Å². The third-order valence-corrected chi connectivity index (χ3v) is 5.27. The van der Waals surface area contributed by atoms with Gasteiger partial charge < -0.3 is 30.2 Å². The summed E-state index contributed by atoms with van der Waals surface area (Å²) in [7, 11) is 0. The number of alkyl carbamates (subject to hydrolysis) is 1. The monoisotopic (exact) mass is 443 g/mol. The maximum atomic E-state index is 13.2. The highest BCUT2D eigenvalue weighted by atomic mass is 16.7. The number of carbonyl (C=O) groups is 2. The summed E-state index contributed by atoms with van der Waals surface area (Å²) in [5.41, 5.74) is 5.71. The van der Waals surface area contributed by atoms with Crippen LogP contribution >= 0.6 is 0 Å². The topological polar surface area (TPSA) is 103 Å². The molecule has 0 bridgehead atoms. The first-order valence-corrected chi connectivity index (χ1v) is 11.9. The molecule has 8 heteroatoms. The number of nitrogens with one attached hydrogen (secondary N) is 1. The van der Waals surface area contributed by atoms with Gasteiger partial charge >= 0.3 is 6.09 Å². The molecule has 0 aliphatic heterocycles. The predicted molar refractivity (Wildman–Crippen MR) is 122 cm³/mol. The molecule has 0 spiro atoms. The van der Waals surface area contributed by atoms with Crippen molar-refractivity contribution in [2.24, 2.45) is 11.7 Å². The normalized spacial score (nSPS) is 16.2. The van der Waals surface area contributed by atoms with E-state index in [9.17, 15) is 9.59 Å². The van der Waals surface area contributed by atoms with E-state index in [4.69, 9.17) is 19.9 Å². The number of amides is 2. The molecular weight excluding hydrogens is 398 g/mol. The largest absolute Gasteiger partial charge is 0.444 e. The van der Waals surface area contributed by atoms with Gasteiger partial charge in [-0.25, -0.2) is 4.79 Å². The van der Waals surface area contributed by atoms with Gasteiger partial charge in [-0.15, -0.1) is 0 Å². The van der Waals surface area contributed by atoms with E-state index in [-0.39, 0.29) is 5.91 Å². The molecule has 3 N–H and O–H groups in total. The molecule has 0 aromatic heterocycles. The van der Waals surface area contributed by atoms with Gasteiger partial charge in [-0.05, 0) is 66.2 Å². The van der Waals surface area contributed by atoms with Gasteiger partial charge in [0.15, 0.2) is 6.29 Å². The lowest BCUT2D eigenvalue weighted by molar-refractivity contribution is -0.160. The number of hydrogen-bond donors (Lipinski definition) is 2. The first-order chi connectivity index (χ1) is 14.7. The van der Waals surface area contributed by atoms with Crippen molar-refractivity contribution in [2.45, 2.75) is 97.5 Å². The van der Waals surface area contributed by atoms with Crippen molar-refractivity contribution in [1.29, 1.82) is 0 Å². The Morgan fingerprint density at radius 1 is 1.10 bits per heavy atom. The molecular formula is C23H45N3O5. The number of hydrogen-bond acceptors (Lipinski definition) is 6. The third-order valence-electron chi connectivity index (χ3n) is 5.27. The summed E-state index contributed by atoms with van der Waals surface area (Å²) in [6.07, 6.45) is 6.19. The smallest absolute Gasteiger partial charge is 0.407 e. The van der Waals surface area contributed by atoms with Crippen LogP contribution in [-0.2, 0) is 19.0 Å². The van der Waals surface area contributed by atoms with Crippen LogP contribution in [0.25, 0.3) is 0 Å². The van der Waals surface area contributed by atoms with Gasteiger partial charge in [-0.2, -0.15) is 0 Å². The van der Waals surface area contributed by atoms with Crippen molar-refractivity contribution >= 4 is 12.0 Å². The summed E-state index contributed by atoms with van der Waals surface area (Å²) in [6, 6.07) is -0.618. The molecule has 182 valence electrons. The zero-order chi connectivity index (χ0) is 23.3. The van der Waals surface area contributed by atoms with E-state index in [2.05, 4.69) is 5.32 Å². The zero-order valence-corrected chi connectivity index (χ0v) is 20.3. The Hall–Kier alpha value is -1.38. The molecule has 0 heterocycles. The lowest BCUT2D eigenvalue weighted by atomic mass is 9.88. The molecule has 1 rings (SSSR count). The average Bonchev–Trinajstić information content (AvgIpc) is 2.70. The van der Waals surface area contributed by atoms with Crippen LogP contribution in [-0.4, -0.2) is 67.7 Å². The van der Waals surface area contributed by atoms with Gasteiger partial charge in [0.25, 0.3) is 0 Å². The Morgan fingerprint density at radius 3 is 2.26 bits per heavy atom. The number of rotatable bonds is 13. The van der Waals surface area contributed by atoms with Crippen molar-refractivity contribution in [3.8, 4) is 0 Å². The minimum Gasteiger partial charge on any atom is -0.444 e. The van der Waals surface area contributed by atoms with E-state index in [1.165, 1.54) is 19.3 Å². The minimum absolute atomic E-state index is 0.0766. The minimum atomic E-state index is -0.618. The summed E-state index contributed by atoms with van der Waals surface area (Å²) < 4.78 is 16.6. The van der Waals surface area contributed by atoms with E-state index in [0.717, 1.165) is 12.8 Å². The first kappa shape index (κ1) is 27.7. The molecule has 1 fully saturated rings. The number of nitrogens with two attached hydrogens (primary N) is 1. The fourth-order valence-corrected chi connectivity index (χ4v) is 3.83. The van der Waals surface area contributed by atoms with Gasteiger partial charge in [-0.3, -0.25) is 4.79 Å². The quantitative estimate of drug-likeness (QED) is 0.334. The van der Waals surface area contributed by atoms with Gasteiger partial charge in [-0.1, -0.05) is 19.3 Å². The second-order valence-electron chi connectivity index (χ2n) is 9.26. The van der Waals surface area contributed by atoms with Gasteiger partial charge in [0.1, 0.15) is 5.60 Å². The third kappa shape index (κ3) is 12.3. The summed E-state index contributed by atoms with van der Waals surface area (Å²) in [4.78, 5) is 26.7. The standard InChI is InChI=1S/C23H45N3O5/c1-6-29-20(30-7-2)17-26(16-18-12-9-8-10-13-18)21(27)19(24)14-11-15-25-22(28)31-23(3,4)5/h18-20H,6-17,24H2,1-5H3,(H,25,28)/t19-/m0/s1. The number of ether oxygens (including phenoxy) is 3.